The number of hydrogen-bond donors (Lipinski definition) is 4. The molecular weight excluding hydrogens is 668 g/mol. The predicted octanol–water partition coefficient (Wildman–Crippen LogP) is 5.65. The van der Waals surface area contributed by atoms with Gasteiger partial charge in [-0.15, -0.1) is 0 Å². The third-order valence-electron chi connectivity index (χ3n) is 9.32. The molecule has 8 unspecified atom stereocenters. The molecule has 12 nitrogen and oxygen atoms in total. The first kappa shape index (κ1) is 42.4. The molecule has 0 amide bonds. The van der Waals surface area contributed by atoms with E-state index in [0.717, 1.165) is 27.7 Å². The van der Waals surface area contributed by atoms with Crippen LogP contribution in [0.15, 0.2) is 0 Å². The van der Waals surface area contributed by atoms with Crippen LogP contribution < -0.4 is 0 Å². The Morgan fingerprint density at radius 2 is 0.556 bits per heavy atom. The maximum absolute atomic E-state index is 13.7. The van der Waals surface area contributed by atoms with Crippen molar-refractivity contribution >= 4 is 47.0 Å². The fraction of sp³-hybridized carbons (Fsp3) is 0.750. The van der Waals surface area contributed by atoms with Crippen LogP contribution in [0.2, 0.25) is 14.5 Å². The van der Waals surface area contributed by atoms with Crippen LogP contribution in [0.5, 0.6) is 0 Å². The van der Waals surface area contributed by atoms with Crippen molar-refractivity contribution in [1.29, 1.82) is 0 Å². The van der Waals surface area contributed by atoms with Crippen LogP contribution in [0, 0.1) is 23.7 Å². The van der Waals surface area contributed by atoms with Crippen molar-refractivity contribution in [3.05, 3.63) is 0 Å². The zero-order valence-electron chi connectivity index (χ0n) is 27.8. The Labute approximate surface area is 270 Å². The van der Waals surface area contributed by atoms with E-state index in [2.05, 4.69) is 0 Å². The summed E-state index contributed by atoms with van der Waals surface area (Å²) in [6, 6.07) is 0. The van der Waals surface area contributed by atoms with E-state index in [4.69, 9.17) is 0 Å². The van der Waals surface area contributed by atoms with Crippen molar-refractivity contribution in [2.45, 2.75) is 121 Å². The van der Waals surface area contributed by atoms with Gasteiger partial charge in [-0.25, -0.2) is 0 Å². The minimum absolute atomic E-state index is 0.133. The molecule has 0 fully saturated rings. The number of carbonyl (C=O) groups excluding carboxylic acids is 4. The molecule has 0 rings (SSSR count). The molecule has 0 heterocycles. The van der Waals surface area contributed by atoms with Crippen molar-refractivity contribution in [1.82, 2.24) is 0 Å². The molecule has 256 valence electrons. The summed E-state index contributed by atoms with van der Waals surface area (Å²) in [5, 5.41) is 44.3. The summed E-state index contributed by atoms with van der Waals surface area (Å²) >= 11 is -6.77. The van der Waals surface area contributed by atoms with Crippen molar-refractivity contribution in [3.63, 3.8) is 0 Å². The van der Waals surface area contributed by atoms with Gasteiger partial charge in [-0.05, 0) is 0 Å². The first-order valence-electron chi connectivity index (χ1n) is 15.8. The molecule has 0 spiro atoms. The quantitative estimate of drug-likeness (QED) is 0.0951. The maximum atomic E-state index is 13.7. The van der Waals surface area contributed by atoms with Crippen LogP contribution >= 0.6 is 0 Å². The second kappa shape index (κ2) is 19.2. The average molecular weight is 720 g/mol. The number of aliphatic carboxylic acids is 4. The van der Waals surface area contributed by atoms with Crippen molar-refractivity contribution in [3.8, 4) is 0 Å². The van der Waals surface area contributed by atoms with Crippen LogP contribution in [-0.2, 0) is 58.6 Å². The van der Waals surface area contributed by atoms with E-state index >= 15 is 0 Å². The molecule has 8 atom stereocenters. The number of ketones is 4. The second-order valence-electron chi connectivity index (χ2n) is 12.3. The summed E-state index contributed by atoms with van der Waals surface area (Å²) in [6.07, 6.45) is 0.318. The van der Waals surface area contributed by atoms with Gasteiger partial charge in [0.2, 0.25) is 0 Å². The molecule has 4 N–H and O–H groups in total. The van der Waals surface area contributed by atoms with E-state index < -0.39 is 105 Å². The summed E-state index contributed by atoms with van der Waals surface area (Å²) in [6.45, 7) is 10.9. The Balaban J connectivity index is 9.48. The molecule has 0 aliphatic carbocycles. The second-order valence-corrected chi connectivity index (χ2v) is 23.3. The number of carboxylic acid groups (broad SMARTS) is 4. The Kier molecular flexibility index (Phi) is 18.1. The van der Waals surface area contributed by atoms with Crippen LogP contribution in [0.3, 0.4) is 0 Å². The summed E-state index contributed by atoms with van der Waals surface area (Å²) in [4.78, 5) is 108. The molecule has 0 aromatic rings. The fourth-order valence-corrected chi connectivity index (χ4v) is 28.5. The number of carbonyl (C=O) groups is 8. The van der Waals surface area contributed by atoms with Crippen molar-refractivity contribution < 1.29 is 79.0 Å². The molecule has 0 aromatic heterocycles. The van der Waals surface area contributed by atoms with Crippen LogP contribution in [0.25, 0.3) is 0 Å². The summed E-state index contributed by atoms with van der Waals surface area (Å²) in [5.74, 6) is -15.9. The van der Waals surface area contributed by atoms with Crippen molar-refractivity contribution in [2.24, 2.45) is 23.7 Å². The van der Waals surface area contributed by atoms with Gasteiger partial charge in [-0.2, -0.15) is 0 Å². The monoisotopic (exact) mass is 718 g/mol. The number of hydrogen-bond acceptors (Lipinski definition) is 8. The summed E-state index contributed by atoms with van der Waals surface area (Å²) < 4.78 is -8.40. The van der Waals surface area contributed by atoms with E-state index in [1.807, 2.05) is 0 Å². The van der Waals surface area contributed by atoms with Gasteiger partial charge >= 0.3 is 271 Å². The normalized spacial score (nSPS) is 18.1. The van der Waals surface area contributed by atoms with E-state index in [1.54, 1.807) is 27.7 Å². The summed E-state index contributed by atoms with van der Waals surface area (Å²) in [7, 11) is 0. The van der Waals surface area contributed by atoms with Crippen LogP contribution in [0.4, 0.5) is 0 Å². The number of rotatable bonds is 24. The molecule has 0 saturated heterocycles. The Morgan fingerprint density at radius 1 is 0.400 bits per heavy atom. The van der Waals surface area contributed by atoms with Gasteiger partial charge in [0.15, 0.2) is 0 Å². The first-order valence-corrected chi connectivity index (χ1v) is 21.5. The van der Waals surface area contributed by atoms with Gasteiger partial charge in [0.25, 0.3) is 0 Å². The molecule has 0 aliphatic heterocycles. The molecule has 0 aromatic carbocycles. The predicted molar refractivity (Wildman–Crippen MR) is 162 cm³/mol. The standard InChI is InChI=1S/4C8H13O3.Zr/c4*1-3-4-7(6(2)9)5-8(10)11;/h4*5,7H,3-4H2,1-2H3,(H,10,11);. The third-order valence-corrected chi connectivity index (χ3v) is 26.3. The Morgan fingerprint density at radius 3 is 0.644 bits per heavy atom. The fourth-order valence-electron chi connectivity index (χ4n) is 7.76. The Bertz CT molecular complexity index is 942. The van der Waals surface area contributed by atoms with E-state index in [0.29, 0.717) is 0 Å². The zero-order chi connectivity index (χ0) is 35.4. The van der Waals surface area contributed by atoms with E-state index in [1.165, 1.54) is 0 Å². The van der Waals surface area contributed by atoms with Gasteiger partial charge in [0.05, 0.1) is 0 Å². The molecule has 0 bridgehead atoms. The first-order chi connectivity index (χ1) is 20.9. The average Bonchev–Trinajstić information content (AvgIpc) is 2.90. The zero-order valence-corrected chi connectivity index (χ0v) is 30.3. The molecule has 0 radical (unpaired) electrons. The van der Waals surface area contributed by atoms with Gasteiger partial charge in [0, 0.05) is 0 Å². The number of carboxylic acids is 4. The van der Waals surface area contributed by atoms with Crippen LogP contribution in [-0.4, -0.2) is 67.4 Å². The van der Waals surface area contributed by atoms with Gasteiger partial charge in [-0.3, -0.25) is 0 Å². The number of Topliss-reactive ketones (excluding diaryl/α,β-unsaturated/α-hetero) is 4. The van der Waals surface area contributed by atoms with Crippen molar-refractivity contribution in [2.75, 3.05) is 0 Å². The molecular formula is C32H52O12Zr. The molecule has 0 aliphatic rings. The molecule has 13 heteroatoms. The van der Waals surface area contributed by atoms with Gasteiger partial charge < -0.3 is 0 Å². The molecule has 45 heavy (non-hydrogen) atoms. The van der Waals surface area contributed by atoms with Gasteiger partial charge in [-0.1, -0.05) is 0 Å². The van der Waals surface area contributed by atoms with E-state index in [-0.39, 0.29) is 51.4 Å². The molecule has 0 saturated carbocycles. The topological polar surface area (TPSA) is 217 Å². The summed E-state index contributed by atoms with van der Waals surface area (Å²) in [5.41, 5.74) is 0. The Hall–Kier alpha value is -2.56. The SMILES string of the molecule is CCCC(C(C)=O)[CH](C(=O)O)[Zr]([CH](C(=O)O)C(CCC)C(C)=O)([CH](C(=O)O)C(CCC)C(C)=O)[CH](C(=O)O)C(CCC)C(C)=O. The minimum atomic E-state index is -6.77. The van der Waals surface area contributed by atoms with E-state index in [9.17, 15) is 58.8 Å². The third kappa shape index (κ3) is 9.72. The van der Waals surface area contributed by atoms with Crippen LogP contribution in [0.1, 0.15) is 107 Å². The van der Waals surface area contributed by atoms with Gasteiger partial charge in [0.1, 0.15) is 0 Å².